The Hall–Kier alpha value is -2.15. The summed E-state index contributed by atoms with van der Waals surface area (Å²) in [5.41, 5.74) is 7.74. The molecule has 1 rings (SSSR count). The lowest BCUT2D eigenvalue weighted by Crippen LogP contribution is -2.31. The van der Waals surface area contributed by atoms with Crippen LogP contribution in [-0.2, 0) is 4.79 Å². The monoisotopic (exact) mass is 269 g/mol. The van der Waals surface area contributed by atoms with Crippen LogP contribution in [0, 0.1) is 16.0 Å². The third-order valence-electron chi connectivity index (χ3n) is 2.04. The number of nitrogens with two attached hydrogens (primary N) is 1. The normalized spacial score (nSPS) is 11.2. The number of para-hydroxylation sites is 1. The third kappa shape index (κ3) is 9.54. The highest BCUT2D eigenvalue weighted by Gasteiger charge is 2.11. The summed E-state index contributed by atoms with van der Waals surface area (Å²) in [6.45, 7) is 3.89. The minimum absolute atomic E-state index is 0.357. The summed E-state index contributed by atoms with van der Waals surface area (Å²) in [7, 11) is 0. The Morgan fingerprint density at radius 1 is 1.42 bits per heavy atom. The van der Waals surface area contributed by atoms with Crippen LogP contribution in [0.15, 0.2) is 30.3 Å². The van der Waals surface area contributed by atoms with Crippen LogP contribution in [-0.4, -0.2) is 22.1 Å². The van der Waals surface area contributed by atoms with Gasteiger partial charge in [0, 0.05) is 0 Å². The molecule has 0 fully saturated rings. The predicted octanol–water partition coefficient (Wildman–Crippen LogP) is 1.73. The van der Waals surface area contributed by atoms with E-state index in [1.807, 2.05) is 19.3 Å². The van der Waals surface area contributed by atoms with Gasteiger partial charge in [-0.05, 0) is 24.5 Å². The van der Waals surface area contributed by atoms with Gasteiger partial charge < -0.3 is 10.8 Å². The first kappa shape index (κ1) is 16.9. The molecule has 7 heteroatoms. The molecule has 1 aromatic rings. The SMILES string of the molecule is CC(C)CC(N)C(=O)O.O=[N+]([O-])Nc1ccccc1. The molecule has 7 nitrogen and oxygen atoms in total. The van der Waals surface area contributed by atoms with E-state index in [1.54, 1.807) is 30.3 Å². The van der Waals surface area contributed by atoms with Crippen molar-refractivity contribution < 1.29 is 14.9 Å². The van der Waals surface area contributed by atoms with Crippen LogP contribution in [0.2, 0.25) is 0 Å². The van der Waals surface area contributed by atoms with Crippen LogP contribution >= 0.6 is 0 Å². The molecule has 1 atom stereocenters. The fourth-order valence-electron chi connectivity index (χ4n) is 1.23. The van der Waals surface area contributed by atoms with Crippen molar-refractivity contribution in [3.8, 4) is 0 Å². The molecular weight excluding hydrogens is 250 g/mol. The second kappa shape index (κ2) is 8.87. The Labute approximate surface area is 111 Å². The maximum absolute atomic E-state index is 10.1. The van der Waals surface area contributed by atoms with Gasteiger partial charge in [0.05, 0.1) is 0 Å². The van der Waals surface area contributed by atoms with Gasteiger partial charge in [-0.1, -0.05) is 32.0 Å². The molecule has 0 radical (unpaired) electrons. The van der Waals surface area contributed by atoms with E-state index in [0.29, 0.717) is 18.0 Å². The summed E-state index contributed by atoms with van der Waals surface area (Å²) >= 11 is 0. The fourth-order valence-corrected chi connectivity index (χ4v) is 1.23. The van der Waals surface area contributed by atoms with Crippen LogP contribution in [0.1, 0.15) is 20.3 Å². The molecule has 1 aromatic carbocycles. The van der Waals surface area contributed by atoms with E-state index in [0.717, 1.165) is 0 Å². The molecule has 0 aliphatic carbocycles. The average molecular weight is 269 g/mol. The van der Waals surface area contributed by atoms with E-state index < -0.39 is 17.0 Å². The molecule has 106 valence electrons. The second-order valence-corrected chi connectivity index (χ2v) is 4.31. The smallest absolute Gasteiger partial charge is 0.320 e. The van der Waals surface area contributed by atoms with Crippen molar-refractivity contribution >= 4 is 11.7 Å². The van der Waals surface area contributed by atoms with Gasteiger partial charge >= 0.3 is 5.97 Å². The van der Waals surface area contributed by atoms with Crippen LogP contribution in [0.3, 0.4) is 0 Å². The van der Waals surface area contributed by atoms with Gasteiger partial charge in [0.2, 0.25) is 0 Å². The molecule has 0 amide bonds. The number of anilines is 1. The maximum atomic E-state index is 10.1. The number of carbonyl (C=O) groups is 1. The highest BCUT2D eigenvalue weighted by atomic mass is 16.7. The van der Waals surface area contributed by atoms with Gasteiger partial charge in [-0.3, -0.25) is 4.79 Å². The lowest BCUT2D eigenvalue weighted by Gasteiger charge is -2.07. The molecule has 0 bridgehead atoms. The zero-order valence-corrected chi connectivity index (χ0v) is 10.9. The van der Waals surface area contributed by atoms with Crippen molar-refractivity contribution in [2.24, 2.45) is 11.7 Å². The first-order valence-electron chi connectivity index (χ1n) is 5.77. The van der Waals surface area contributed by atoms with Crippen LogP contribution in [0.25, 0.3) is 0 Å². The van der Waals surface area contributed by atoms with Crippen molar-refractivity contribution in [3.63, 3.8) is 0 Å². The Morgan fingerprint density at radius 3 is 2.26 bits per heavy atom. The van der Waals surface area contributed by atoms with E-state index in [2.05, 4.69) is 0 Å². The summed E-state index contributed by atoms with van der Waals surface area (Å²) < 4.78 is 0. The number of aliphatic carboxylic acids is 1. The molecule has 0 aliphatic rings. The number of nitrogens with zero attached hydrogens (tertiary/aromatic N) is 1. The lowest BCUT2D eigenvalue weighted by molar-refractivity contribution is -0.445. The number of nitrogens with one attached hydrogen (secondary N) is 1. The quantitative estimate of drug-likeness (QED) is 0.553. The predicted molar refractivity (Wildman–Crippen MR) is 72.1 cm³/mol. The summed E-state index contributed by atoms with van der Waals surface area (Å²) in [6, 6.07) is 7.82. The zero-order chi connectivity index (χ0) is 14.8. The highest BCUT2D eigenvalue weighted by molar-refractivity contribution is 5.72. The molecule has 19 heavy (non-hydrogen) atoms. The van der Waals surface area contributed by atoms with Crippen molar-refractivity contribution in [1.82, 2.24) is 0 Å². The third-order valence-corrected chi connectivity index (χ3v) is 2.04. The molecule has 0 saturated heterocycles. The summed E-state index contributed by atoms with van der Waals surface area (Å²) in [4.78, 5) is 20.0. The van der Waals surface area contributed by atoms with Crippen LogP contribution in [0.5, 0.6) is 0 Å². The van der Waals surface area contributed by atoms with E-state index in [-0.39, 0.29) is 0 Å². The molecule has 0 heterocycles. The number of nitro groups is 1. The highest BCUT2D eigenvalue weighted by Crippen LogP contribution is 2.03. The summed E-state index contributed by atoms with van der Waals surface area (Å²) in [5.74, 6) is -0.556. The van der Waals surface area contributed by atoms with E-state index >= 15 is 0 Å². The first-order valence-corrected chi connectivity index (χ1v) is 5.77. The van der Waals surface area contributed by atoms with Crippen LogP contribution < -0.4 is 11.2 Å². The van der Waals surface area contributed by atoms with Crippen LogP contribution in [0.4, 0.5) is 5.69 Å². The molecule has 0 aromatic heterocycles. The fraction of sp³-hybridized carbons (Fsp3) is 0.417. The van der Waals surface area contributed by atoms with Crippen molar-refractivity contribution in [2.75, 3.05) is 5.43 Å². The number of hydrogen-bond acceptors (Lipinski definition) is 4. The molecule has 4 N–H and O–H groups in total. The average Bonchev–Trinajstić information content (AvgIpc) is 2.29. The van der Waals surface area contributed by atoms with E-state index in [9.17, 15) is 14.9 Å². The Morgan fingerprint density at radius 2 is 1.95 bits per heavy atom. The number of hydrogen-bond donors (Lipinski definition) is 3. The largest absolute Gasteiger partial charge is 0.480 e. The molecule has 0 aliphatic heterocycles. The Kier molecular flexibility index (Phi) is 7.87. The topological polar surface area (TPSA) is 118 Å². The number of carboxylic acids is 1. The molecule has 0 saturated carbocycles. The van der Waals surface area contributed by atoms with Gasteiger partial charge in [-0.15, -0.1) is 5.43 Å². The number of benzene rings is 1. The summed E-state index contributed by atoms with van der Waals surface area (Å²) in [6.07, 6.45) is 0.551. The van der Waals surface area contributed by atoms with Crippen molar-refractivity contribution in [1.29, 1.82) is 0 Å². The van der Waals surface area contributed by atoms with Gasteiger partial charge in [0.1, 0.15) is 11.7 Å². The number of hydrazine groups is 1. The second-order valence-electron chi connectivity index (χ2n) is 4.31. The molecule has 1 unspecified atom stereocenters. The maximum Gasteiger partial charge on any atom is 0.320 e. The van der Waals surface area contributed by atoms with Gasteiger partial charge in [0.15, 0.2) is 5.03 Å². The van der Waals surface area contributed by atoms with Gasteiger partial charge in [0.25, 0.3) is 0 Å². The van der Waals surface area contributed by atoms with Crippen molar-refractivity contribution in [3.05, 3.63) is 40.4 Å². The lowest BCUT2D eigenvalue weighted by atomic mass is 10.1. The van der Waals surface area contributed by atoms with E-state index in [1.165, 1.54) is 0 Å². The number of rotatable bonds is 5. The van der Waals surface area contributed by atoms with Crippen molar-refractivity contribution in [2.45, 2.75) is 26.3 Å². The Bertz CT molecular complexity index is 395. The minimum atomic E-state index is -0.913. The number of carboxylic acid groups (broad SMARTS) is 1. The minimum Gasteiger partial charge on any atom is -0.480 e. The van der Waals surface area contributed by atoms with Gasteiger partial charge in [-0.25, -0.2) is 10.1 Å². The molecule has 0 spiro atoms. The molecular formula is C12H19N3O4. The standard InChI is InChI=1S/C6H6N2O2.C6H13NO2/c9-8(10)7-6-4-2-1-3-5-6;1-4(2)3-5(7)6(8)9/h1-5,7H;4-5H,3,7H2,1-2H3,(H,8,9). The van der Waals surface area contributed by atoms with E-state index in [4.69, 9.17) is 10.8 Å². The van der Waals surface area contributed by atoms with Gasteiger partial charge in [-0.2, -0.15) is 0 Å². The first-order chi connectivity index (χ1) is 8.82. The summed E-state index contributed by atoms with van der Waals surface area (Å²) in [5, 5.41) is 17.6. The zero-order valence-electron chi connectivity index (χ0n) is 10.9. The Balaban J connectivity index is 0.000000344.